The van der Waals surface area contributed by atoms with Crippen LogP contribution >= 0.6 is 0 Å². The Bertz CT molecular complexity index is 2050. The monoisotopic (exact) mass is 1150 g/mol. The minimum absolute atomic E-state index is 0.0141. The zero-order valence-electron chi connectivity index (χ0n) is 48.7. The standard InChI is InChI=1S/C52H98N16O13/c1-9-28(5)39-50(79)63-33(16-22-54)43(72)60-36(19-25-57)48(77)67-41(30(7)69)49(78)58-26-20-37(45(74)61-35(18-24-56)47(76)65-40(29(6)10-2)51(80)66-39)62-44(73)34(17-23-55)64-52(81)42(31(8)70)68-46(75)32(15-21-53)59-38(71)14-12-11-13-27(3)4/h27-37,39-42,69-70H,9-26,53-57H2,1-8H3,(H,58,78)(H,59,71)(H,60,72)(H,61,74)(H,62,73)(H,63,79)(H,64,81)(H,65,76)(H,66,80)(H,67,77)(H,68,75). The normalized spacial score (nSPS) is 23.9. The average Bonchev–Trinajstić information content (AvgIpc) is 3.41. The summed E-state index contributed by atoms with van der Waals surface area (Å²) in [4.78, 5) is 153. The zero-order chi connectivity index (χ0) is 61.5. The van der Waals surface area contributed by atoms with E-state index in [2.05, 4.69) is 72.3 Å². The fourth-order valence-corrected chi connectivity index (χ4v) is 8.56. The van der Waals surface area contributed by atoms with Gasteiger partial charge in [-0.15, -0.1) is 0 Å². The number of nitrogens with two attached hydrogens (primary N) is 5. The first-order valence-electron chi connectivity index (χ1n) is 28.4. The summed E-state index contributed by atoms with van der Waals surface area (Å²) in [6.45, 7) is 12.3. The molecule has 0 spiro atoms. The number of unbranched alkanes of at least 4 members (excludes halogenated alkanes) is 1. The maximum absolute atomic E-state index is 14.4. The third-order valence-electron chi connectivity index (χ3n) is 14.0. The van der Waals surface area contributed by atoms with E-state index in [1.54, 1.807) is 27.7 Å². The smallest absolute Gasteiger partial charge is 0.245 e. The Morgan fingerprint density at radius 1 is 0.519 bits per heavy atom. The molecule has 29 heteroatoms. The summed E-state index contributed by atoms with van der Waals surface area (Å²) in [6.07, 6.45) is -1.22. The fourth-order valence-electron chi connectivity index (χ4n) is 8.56. The van der Waals surface area contributed by atoms with Crippen molar-refractivity contribution in [1.82, 2.24) is 58.5 Å². The molecule has 0 aromatic carbocycles. The third-order valence-corrected chi connectivity index (χ3v) is 14.0. The van der Waals surface area contributed by atoms with Crippen molar-refractivity contribution in [2.24, 2.45) is 46.4 Å². The van der Waals surface area contributed by atoms with Crippen LogP contribution in [0.1, 0.15) is 132 Å². The highest BCUT2D eigenvalue weighted by Crippen LogP contribution is 2.15. The van der Waals surface area contributed by atoms with E-state index < -0.39 is 162 Å². The van der Waals surface area contributed by atoms with E-state index in [0.717, 1.165) is 12.8 Å². The van der Waals surface area contributed by atoms with Crippen molar-refractivity contribution < 1.29 is 63.0 Å². The number of aliphatic hydroxyl groups is 2. The highest BCUT2D eigenvalue weighted by molar-refractivity contribution is 5.99. The second-order valence-corrected chi connectivity index (χ2v) is 21.2. The zero-order valence-corrected chi connectivity index (χ0v) is 48.7. The van der Waals surface area contributed by atoms with Crippen LogP contribution in [-0.2, 0) is 52.7 Å². The number of amides is 11. The van der Waals surface area contributed by atoms with Crippen molar-refractivity contribution in [3.63, 3.8) is 0 Å². The summed E-state index contributed by atoms with van der Waals surface area (Å²) in [6, 6.07) is -14.5. The predicted molar refractivity (Wildman–Crippen MR) is 301 cm³/mol. The van der Waals surface area contributed by atoms with Crippen LogP contribution in [0.25, 0.3) is 0 Å². The van der Waals surface area contributed by atoms with E-state index in [1.807, 2.05) is 0 Å². The number of nitrogens with one attached hydrogen (secondary N) is 11. The molecule has 81 heavy (non-hydrogen) atoms. The van der Waals surface area contributed by atoms with Gasteiger partial charge in [-0.1, -0.05) is 67.2 Å². The second kappa shape index (κ2) is 38.6. The van der Waals surface area contributed by atoms with Crippen LogP contribution in [0.2, 0.25) is 0 Å². The summed E-state index contributed by atoms with van der Waals surface area (Å²) >= 11 is 0. The molecule has 11 amide bonds. The van der Waals surface area contributed by atoms with Gasteiger partial charge in [0.15, 0.2) is 0 Å². The van der Waals surface area contributed by atoms with Crippen LogP contribution in [-0.4, -0.2) is 187 Å². The lowest BCUT2D eigenvalue weighted by molar-refractivity contribution is -0.137. The van der Waals surface area contributed by atoms with Crippen LogP contribution in [0, 0.1) is 17.8 Å². The largest absolute Gasteiger partial charge is 0.391 e. The molecule has 1 saturated heterocycles. The quantitative estimate of drug-likeness (QED) is 0.0325. The van der Waals surface area contributed by atoms with Gasteiger partial charge in [0, 0.05) is 13.0 Å². The van der Waals surface area contributed by atoms with Gasteiger partial charge in [-0.05, 0) is 109 Å². The van der Waals surface area contributed by atoms with E-state index in [0.29, 0.717) is 25.2 Å². The molecule has 464 valence electrons. The van der Waals surface area contributed by atoms with Gasteiger partial charge in [0.2, 0.25) is 65.0 Å². The molecule has 1 aliphatic heterocycles. The molecule has 1 heterocycles. The summed E-state index contributed by atoms with van der Waals surface area (Å²) in [5.41, 5.74) is 29.2. The SMILES string of the molecule is CCC(C)C1NC(=O)C(CCN)NC(=O)C(NC(=O)C(CCN)NC(=O)C(NC(=O)C(CCN)NC(=O)CCCCC(C)C)C(C)O)CCNC(=O)C(C(C)O)NC(=O)C(CCN)NC(=O)C(CCN)NC(=O)C(C(C)CC)NC1=O. The highest BCUT2D eigenvalue weighted by Gasteiger charge is 2.39. The first-order valence-corrected chi connectivity index (χ1v) is 28.4. The Hall–Kier alpha value is -6.11. The maximum atomic E-state index is 14.4. The van der Waals surface area contributed by atoms with Crippen LogP contribution in [0.5, 0.6) is 0 Å². The van der Waals surface area contributed by atoms with Crippen LogP contribution < -0.4 is 87.2 Å². The van der Waals surface area contributed by atoms with Gasteiger partial charge < -0.3 is 97.4 Å². The van der Waals surface area contributed by atoms with E-state index in [-0.39, 0.29) is 71.2 Å². The first kappa shape index (κ1) is 72.9. The Labute approximate surface area is 475 Å². The minimum atomic E-state index is -1.69. The number of aliphatic hydroxyl groups excluding tert-OH is 2. The Kier molecular flexibility index (Phi) is 34.7. The minimum Gasteiger partial charge on any atom is -0.391 e. The van der Waals surface area contributed by atoms with Crippen LogP contribution in [0.3, 0.4) is 0 Å². The van der Waals surface area contributed by atoms with Crippen molar-refractivity contribution >= 4 is 65.0 Å². The van der Waals surface area contributed by atoms with Gasteiger partial charge in [0.1, 0.15) is 60.4 Å². The van der Waals surface area contributed by atoms with E-state index in [9.17, 15) is 63.0 Å². The number of rotatable bonds is 28. The predicted octanol–water partition coefficient (Wildman–Crippen LogP) is -5.83. The van der Waals surface area contributed by atoms with Gasteiger partial charge >= 0.3 is 0 Å². The number of hydrogen-bond donors (Lipinski definition) is 18. The van der Waals surface area contributed by atoms with Crippen LogP contribution in [0.15, 0.2) is 0 Å². The number of carbonyl (C=O) groups is 11. The molecule has 1 fully saturated rings. The number of hydrogen-bond acceptors (Lipinski definition) is 18. The third kappa shape index (κ3) is 25.7. The summed E-state index contributed by atoms with van der Waals surface area (Å²) < 4.78 is 0. The first-order chi connectivity index (χ1) is 38.2. The molecule has 0 bridgehead atoms. The molecule has 0 aromatic rings. The van der Waals surface area contributed by atoms with Crippen molar-refractivity contribution in [2.75, 3.05) is 39.3 Å². The lowest BCUT2D eigenvalue weighted by atomic mass is 9.94. The van der Waals surface area contributed by atoms with E-state index in [1.165, 1.54) is 13.8 Å². The molecule has 14 unspecified atom stereocenters. The molecule has 0 aliphatic carbocycles. The van der Waals surface area contributed by atoms with Gasteiger partial charge in [-0.25, -0.2) is 0 Å². The molecule has 0 saturated carbocycles. The molecule has 1 aliphatic rings. The van der Waals surface area contributed by atoms with Gasteiger partial charge in [-0.3, -0.25) is 52.7 Å². The van der Waals surface area contributed by atoms with Gasteiger partial charge in [0.25, 0.3) is 0 Å². The van der Waals surface area contributed by atoms with Crippen molar-refractivity contribution in [1.29, 1.82) is 0 Å². The molecular weight excluding hydrogens is 1060 g/mol. The Morgan fingerprint density at radius 3 is 1.42 bits per heavy atom. The molecule has 0 radical (unpaired) electrons. The lowest BCUT2D eigenvalue weighted by Crippen LogP contribution is -2.62. The molecule has 29 nitrogen and oxygen atoms in total. The highest BCUT2D eigenvalue weighted by atomic mass is 16.3. The van der Waals surface area contributed by atoms with E-state index in [4.69, 9.17) is 28.7 Å². The molecule has 0 aromatic heterocycles. The van der Waals surface area contributed by atoms with E-state index >= 15 is 0 Å². The molecule has 1 rings (SSSR count). The average molecular weight is 1160 g/mol. The van der Waals surface area contributed by atoms with Crippen LogP contribution in [0.4, 0.5) is 0 Å². The summed E-state index contributed by atoms with van der Waals surface area (Å²) in [7, 11) is 0. The van der Waals surface area contributed by atoms with Crippen molar-refractivity contribution in [3.05, 3.63) is 0 Å². The fraction of sp³-hybridized carbons (Fsp3) is 0.788. The van der Waals surface area contributed by atoms with Gasteiger partial charge in [0.05, 0.1) is 12.2 Å². The summed E-state index contributed by atoms with van der Waals surface area (Å²) in [5, 5.41) is 49.5. The van der Waals surface area contributed by atoms with Crippen molar-refractivity contribution in [3.8, 4) is 0 Å². The number of carbonyl (C=O) groups excluding carboxylic acids is 11. The molecular formula is C52H98N16O13. The lowest BCUT2D eigenvalue weighted by Gasteiger charge is -2.31. The molecule has 23 N–H and O–H groups in total. The topological polar surface area (TPSA) is 491 Å². The molecule has 14 atom stereocenters. The van der Waals surface area contributed by atoms with Gasteiger partial charge in [-0.2, -0.15) is 0 Å². The maximum Gasteiger partial charge on any atom is 0.245 e. The Balaban J connectivity index is 3.85. The van der Waals surface area contributed by atoms with Crippen molar-refractivity contribution in [2.45, 2.75) is 205 Å². The summed E-state index contributed by atoms with van der Waals surface area (Å²) in [5.74, 6) is -10.3. The second-order valence-electron chi connectivity index (χ2n) is 21.2. The Morgan fingerprint density at radius 2 is 0.963 bits per heavy atom.